The molecular weight excluding hydrogens is 326 g/mol. The number of aromatic nitrogens is 3. The number of carbonyl (C=O) groups excluding carboxylic acids is 1. The van der Waals surface area contributed by atoms with E-state index in [4.69, 9.17) is 0 Å². The van der Waals surface area contributed by atoms with E-state index in [0.29, 0.717) is 18.2 Å². The summed E-state index contributed by atoms with van der Waals surface area (Å²) < 4.78 is 0. The molecule has 0 saturated carbocycles. The van der Waals surface area contributed by atoms with Crippen LogP contribution >= 0.6 is 0 Å². The number of anilines is 1. The topological polar surface area (TPSA) is 79.8 Å². The van der Waals surface area contributed by atoms with Gasteiger partial charge in [0.1, 0.15) is 5.69 Å². The Morgan fingerprint density at radius 2 is 1.85 bits per heavy atom. The van der Waals surface area contributed by atoms with E-state index in [1.54, 1.807) is 12.3 Å². The van der Waals surface area contributed by atoms with Gasteiger partial charge in [0.15, 0.2) is 0 Å². The van der Waals surface area contributed by atoms with Crippen LogP contribution in [-0.4, -0.2) is 20.9 Å². The Labute approximate surface area is 152 Å². The van der Waals surface area contributed by atoms with Crippen LogP contribution in [-0.2, 0) is 6.54 Å². The van der Waals surface area contributed by atoms with E-state index in [2.05, 4.69) is 25.6 Å². The van der Waals surface area contributed by atoms with Crippen LogP contribution < -0.4 is 10.6 Å². The minimum atomic E-state index is -0.253. The van der Waals surface area contributed by atoms with Gasteiger partial charge in [-0.3, -0.25) is 9.78 Å². The third-order valence-electron chi connectivity index (χ3n) is 3.89. The van der Waals surface area contributed by atoms with Gasteiger partial charge in [0.05, 0.1) is 18.3 Å². The molecule has 6 heteroatoms. The number of nitrogens with one attached hydrogen (secondary N) is 2. The van der Waals surface area contributed by atoms with Gasteiger partial charge in [-0.15, -0.1) is 0 Å². The molecule has 2 aromatic heterocycles. The minimum absolute atomic E-state index is 0.0300. The molecule has 0 aliphatic rings. The molecule has 1 atom stereocenters. The highest BCUT2D eigenvalue weighted by Gasteiger charge is 2.13. The quantitative estimate of drug-likeness (QED) is 0.715. The first-order chi connectivity index (χ1) is 12.6. The molecule has 1 aromatic carbocycles. The lowest BCUT2D eigenvalue weighted by atomic mass is 10.1. The van der Waals surface area contributed by atoms with E-state index in [0.717, 1.165) is 17.0 Å². The van der Waals surface area contributed by atoms with Crippen LogP contribution in [0.2, 0.25) is 0 Å². The number of hydrogen-bond donors (Lipinski definition) is 2. The van der Waals surface area contributed by atoms with Crippen molar-refractivity contribution in [3.8, 4) is 0 Å². The lowest BCUT2D eigenvalue weighted by Crippen LogP contribution is -2.25. The van der Waals surface area contributed by atoms with Crippen molar-refractivity contribution >= 4 is 11.9 Å². The van der Waals surface area contributed by atoms with Gasteiger partial charge >= 0.3 is 0 Å². The molecule has 1 amide bonds. The molecule has 0 aliphatic heterocycles. The fourth-order valence-electron chi connectivity index (χ4n) is 2.53. The summed E-state index contributed by atoms with van der Waals surface area (Å²) in [7, 11) is 0. The fraction of sp³-hybridized carbons (Fsp3) is 0.200. The van der Waals surface area contributed by atoms with Gasteiger partial charge in [0, 0.05) is 11.9 Å². The van der Waals surface area contributed by atoms with Crippen LogP contribution in [0.15, 0.2) is 60.8 Å². The normalized spacial score (nSPS) is 11.6. The van der Waals surface area contributed by atoms with E-state index in [1.165, 1.54) is 0 Å². The van der Waals surface area contributed by atoms with Crippen molar-refractivity contribution in [3.05, 3.63) is 83.4 Å². The molecule has 3 aromatic rings. The SMILES string of the molecule is Cc1cc(C(=O)NCc2ccccn2)nc(NC(C)c2ccccc2)n1. The average molecular weight is 347 g/mol. The average Bonchev–Trinajstić information content (AvgIpc) is 2.67. The van der Waals surface area contributed by atoms with E-state index in [9.17, 15) is 4.79 Å². The molecule has 1 unspecified atom stereocenters. The summed E-state index contributed by atoms with van der Waals surface area (Å²) in [6.07, 6.45) is 1.70. The molecule has 0 bridgehead atoms. The molecule has 0 spiro atoms. The molecule has 0 saturated heterocycles. The van der Waals surface area contributed by atoms with E-state index >= 15 is 0 Å². The summed E-state index contributed by atoms with van der Waals surface area (Å²) in [6, 6.07) is 17.3. The summed E-state index contributed by atoms with van der Waals surface area (Å²) in [5.74, 6) is 0.181. The zero-order chi connectivity index (χ0) is 18.4. The Morgan fingerprint density at radius 3 is 2.58 bits per heavy atom. The zero-order valence-corrected chi connectivity index (χ0v) is 14.8. The molecule has 6 nitrogen and oxygen atoms in total. The molecule has 132 valence electrons. The molecule has 0 aliphatic carbocycles. The highest BCUT2D eigenvalue weighted by Crippen LogP contribution is 2.17. The smallest absolute Gasteiger partial charge is 0.270 e. The lowest BCUT2D eigenvalue weighted by Gasteiger charge is -2.15. The first kappa shape index (κ1) is 17.5. The minimum Gasteiger partial charge on any atom is -0.348 e. The van der Waals surface area contributed by atoms with Gasteiger partial charge in [-0.05, 0) is 37.6 Å². The molecule has 2 N–H and O–H groups in total. The van der Waals surface area contributed by atoms with E-state index < -0.39 is 0 Å². The van der Waals surface area contributed by atoms with Crippen LogP contribution in [0, 0.1) is 6.92 Å². The molecule has 0 radical (unpaired) electrons. The van der Waals surface area contributed by atoms with E-state index in [1.807, 2.05) is 62.4 Å². The van der Waals surface area contributed by atoms with Crippen molar-refractivity contribution in [2.75, 3.05) is 5.32 Å². The Kier molecular flexibility index (Phi) is 5.53. The van der Waals surface area contributed by atoms with Crippen LogP contribution in [0.1, 0.15) is 40.4 Å². The summed E-state index contributed by atoms with van der Waals surface area (Å²) in [4.78, 5) is 25.4. The standard InChI is InChI=1S/C20H21N5O/c1-14-12-18(19(26)22-13-17-10-6-7-11-21-17)25-20(23-14)24-15(2)16-8-4-3-5-9-16/h3-12,15H,13H2,1-2H3,(H,22,26)(H,23,24,25). The monoisotopic (exact) mass is 347 g/mol. The summed E-state index contributed by atoms with van der Waals surface area (Å²) in [5.41, 5.74) is 2.98. The molecule has 3 rings (SSSR count). The Balaban J connectivity index is 1.69. The van der Waals surface area contributed by atoms with Gasteiger partial charge in [-0.25, -0.2) is 9.97 Å². The molecule has 2 heterocycles. The van der Waals surface area contributed by atoms with Crippen LogP contribution in [0.25, 0.3) is 0 Å². The maximum atomic E-state index is 12.4. The van der Waals surface area contributed by atoms with Gasteiger partial charge in [-0.1, -0.05) is 36.4 Å². The second-order valence-corrected chi connectivity index (χ2v) is 6.00. The third kappa shape index (κ3) is 4.63. The molecule has 26 heavy (non-hydrogen) atoms. The number of nitrogens with zero attached hydrogens (tertiary/aromatic N) is 3. The number of pyridine rings is 1. The lowest BCUT2D eigenvalue weighted by molar-refractivity contribution is 0.0945. The molecule has 0 fully saturated rings. The third-order valence-corrected chi connectivity index (χ3v) is 3.89. The Hall–Kier alpha value is -3.28. The second-order valence-electron chi connectivity index (χ2n) is 6.00. The second kappa shape index (κ2) is 8.20. The number of carbonyl (C=O) groups is 1. The zero-order valence-electron chi connectivity index (χ0n) is 14.8. The number of aryl methyl sites for hydroxylation is 1. The maximum absolute atomic E-state index is 12.4. The number of benzene rings is 1. The number of hydrogen-bond acceptors (Lipinski definition) is 5. The van der Waals surface area contributed by atoms with Crippen molar-refractivity contribution in [2.45, 2.75) is 26.4 Å². The summed E-state index contributed by atoms with van der Waals surface area (Å²) in [6.45, 7) is 4.23. The van der Waals surface area contributed by atoms with Gasteiger partial charge in [-0.2, -0.15) is 0 Å². The van der Waals surface area contributed by atoms with Gasteiger partial charge in [0.2, 0.25) is 5.95 Å². The fourth-order valence-corrected chi connectivity index (χ4v) is 2.53. The maximum Gasteiger partial charge on any atom is 0.270 e. The number of amides is 1. The van der Waals surface area contributed by atoms with Crippen molar-refractivity contribution in [2.24, 2.45) is 0 Å². The van der Waals surface area contributed by atoms with E-state index in [-0.39, 0.29) is 11.9 Å². The highest BCUT2D eigenvalue weighted by atomic mass is 16.1. The predicted molar refractivity (Wildman–Crippen MR) is 101 cm³/mol. The highest BCUT2D eigenvalue weighted by molar-refractivity contribution is 5.92. The van der Waals surface area contributed by atoms with Gasteiger partial charge in [0.25, 0.3) is 5.91 Å². The van der Waals surface area contributed by atoms with Crippen molar-refractivity contribution in [1.29, 1.82) is 0 Å². The van der Waals surface area contributed by atoms with Crippen LogP contribution in [0.3, 0.4) is 0 Å². The van der Waals surface area contributed by atoms with Gasteiger partial charge < -0.3 is 10.6 Å². The van der Waals surface area contributed by atoms with Crippen molar-refractivity contribution in [3.63, 3.8) is 0 Å². The first-order valence-corrected chi connectivity index (χ1v) is 8.47. The summed E-state index contributed by atoms with van der Waals surface area (Å²) >= 11 is 0. The number of rotatable bonds is 6. The summed E-state index contributed by atoms with van der Waals surface area (Å²) in [5, 5.41) is 6.09. The van der Waals surface area contributed by atoms with Crippen LogP contribution in [0.5, 0.6) is 0 Å². The predicted octanol–water partition coefficient (Wildman–Crippen LogP) is 3.28. The largest absolute Gasteiger partial charge is 0.348 e. The molecular formula is C20H21N5O. The van der Waals surface area contributed by atoms with Crippen molar-refractivity contribution in [1.82, 2.24) is 20.3 Å². The Bertz CT molecular complexity index is 868. The first-order valence-electron chi connectivity index (χ1n) is 8.47. The Morgan fingerprint density at radius 1 is 1.08 bits per heavy atom. The van der Waals surface area contributed by atoms with Crippen LogP contribution in [0.4, 0.5) is 5.95 Å². The van der Waals surface area contributed by atoms with Crippen molar-refractivity contribution < 1.29 is 4.79 Å².